The summed E-state index contributed by atoms with van der Waals surface area (Å²) in [6, 6.07) is 94.2. The Hall–Kier alpha value is -9.71. The number of rotatable bonds is 6. The maximum atomic E-state index is 5.33. The van der Waals surface area contributed by atoms with E-state index in [1.165, 1.54) is 55.5 Å². The highest BCUT2D eigenvalue weighted by Crippen LogP contribution is 2.63. The molecule has 0 fully saturated rings. The van der Waals surface area contributed by atoms with E-state index in [0.717, 1.165) is 60.9 Å². The Morgan fingerprint density at radius 3 is 1.55 bits per heavy atom. The molecule has 0 N–H and O–H groups in total. The summed E-state index contributed by atoms with van der Waals surface area (Å²) in [5, 5.41) is 4.65. The highest BCUT2D eigenvalue weighted by atomic mass is 15.2. The molecule has 0 amide bonds. The summed E-state index contributed by atoms with van der Waals surface area (Å²) in [4.78, 5) is 18.2. The van der Waals surface area contributed by atoms with E-state index >= 15 is 0 Å². The summed E-state index contributed by atoms with van der Waals surface area (Å²) in [6.07, 6.45) is 0. The topological polar surface area (TPSA) is 46.8 Å². The molecule has 0 radical (unpaired) electrons. The van der Waals surface area contributed by atoms with Gasteiger partial charge in [-0.2, -0.15) is 9.97 Å². The van der Waals surface area contributed by atoms with Gasteiger partial charge in [0.25, 0.3) is 0 Å². The molecule has 2 aromatic heterocycles. The van der Waals surface area contributed by atoms with E-state index < -0.39 is 5.41 Å². The second-order valence-electron chi connectivity index (χ2n) is 19.1. The third-order valence-electron chi connectivity index (χ3n) is 15.3. The molecule has 1 aliphatic carbocycles. The Bertz CT molecular complexity index is 4270. The Morgan fingerprint density at radius 2 is 0.822 bits per heavy atom. The van der Waals surface area contributed by atoms with E-state index in [9.17, 15) is 0 Å². The second-order valence-corrected chi connectivity index (χ2v) is 19.1. The smallest absolute Gasteiger partial charge is 0.238 e. The molecule has 0 unspecified atom stereocenters. The first-order valence-electron chi connectivity index (χ1n) is 24.9. The fourth-order valence-electron chi connectivity index (χ4n) is 12.1. The molecule has 0 saturated carbocycles. The average molecular weight is 930 g/mol. The minimum absolute atomic E-state index is 0.523. The molecule has 13 aromatic rings. The van der Waals surface area contributed by atoms with Gasteiger partial charge in [-0.1, -0.05) is 212 Å². The van der Waals surface area contributed by atoms with E-state index in [0.29, 0.717) is 17.6 Å². The number of anilines is 3. The van der Waals surface area contributed by atoms with Gasteiger partial charge in [0.05, 0.1) is 27.8 Å². The Balaban J connectivity index is 0.924. The standard InChI is InChI=1S/C68H43N5/c1-4-18-44(19-5-1)45-32-34-48(35-33-45)66-69-65(47-21-6-2-7-22-47)70-67(71-66)73-60-40-38-50(43-55(60)64-52-25-11-10-20-46(52)37-41-63(64)73)49-36-39-57-54(42-49)53-26-12-13-27-56(53)68(57)58-28-14-16-30-61(58)72(51-23-8-3-9-24-51)62-31-17-15-29-59(62)68/h1-43H. The molecule has 1 aliphatic heterocycles. The van der Waals surface area contributed by atoms with Crippen molar-refractivity contribution >= 4 is 49.6 Å². The number of hydrogen-bond donors (Lipinski definition) is 0. The molecule has 3 heterocycles. The van der Waals surface area contributed by atoms with E-state index in [2.05, 4.69) is 246 Å². The van der Waals surface area contributed by atoms with E-state index in [-0.39, 0.29) is 0 Å². The van der Waals surface area contributed by atoms with Crippen molar-refractivity contribution in [3.8, 4) is 62.1 Å². The molecule has 15 rings (SSSR count). The SMILES string of the molecule is c1ccc(-c2ccc(-c3nc(-c4ccccc4)nc(-n4c5ccc(-c6ccc7c(c6)-c6ccccc6C76c7ccccc7N(c7ccccc7)c7ccccc76)cc5c5c6ccccc6ccc54)n3)cc2)cc1. The zero-order valence-electron chi connectivity index (χ0n) is 39.6. The molecule has 5 heteroatoms. The van der Waals surface area contributed by atoms with Crippen molar-refractivity contribution in [1.29, 1.82) is 0 Å². The lowest BCUT2D eigenvalue weighted by Gasteiger charge is -2.45. The summed E-state index contributed by atoms with van der Waals surface area (Å²) in [5.74, 6) is 1.80. The van der Waals surface area contributed by atoms with Gasteiger partial charge in [-0.05, 0) is 115 Å². The van der Waals surface area contributed by atoms with E-state index in [1.54, 1.807) is 0 Å². The fourth-order valence-corrected chi connectivity index (χ4v) is 12.1. The average Bonchev–Trinajstić information content (AvgIpc) is 3.96. The quantitative estimate of drug-likeness (QED) is 0.167. The van der Waals surface area contributed by atoms with Gasteiger partial charge in [0.15, 0.2) is 11.6 Å². The molecule has 11 aromatic carbocycles. The maximum Gasteiger partial charge on any atom is 0.238 e. The van der Waals surface area contributed by atoms with Gasteiger partial charge in [0.1, 0.15) is 0 Å². The van der Waals surface area contributed by atoms with Crippen molar-refractivity contribution in [1.82, 2.24) is 19.5 Å². The van der Waals surface area contributed by atoms with Crippen molar-refractivity contribution in [2.24, 2.45) is 0 Å². The lowest BCUT2D eigenvalue weighted by Crippen LogP contribution is -2.36. The molecule has 0 saturated heterocycles. The van der Waals surface area contributed by atoms with Crippen molar-refractivity contribution in [3.63, 3.8) is 0 Å². The van der Waals surface area contributed by atoms with Crippen LogP contribution in [0.5, 0.6) is 0 Å². The zero-order chi connectivity index (χ0) is 48.0. The summed E-state index contributed by atoms with van der Waals surface area (Å²) < 4.78 is 2.23. The Kier molecular flexibility index (Phi) is 9.11. The zero-order valence-corrected chi connectivity index (χ0v) is 39.6. The first-order chi connectivity index (χ1) is 36.2. The third-order valence-corrected chi connectivity index (χ3v) is 15.3. The van der Waals surface area contributed by atoms with Crippen LogP contribution in [-0.4, -0.2) is 19.5 Å². The van der Waals surface area contributed by atoms with Crippen molar-refractivity contribution < 1.29 is 0 Å². The highest BCUT2D eigenvalue weighted by Gasteiger charge is 2.51. The van der Waals surface area contributed by atoms with Crippen LogP contribution in [0.3, 0.4) is 0 Å². The van der Waals surface area contributed by atoms with Crippen molar-refractivity contribution in [2.45, 2.75) is 5.41 Å². The minimum atomic E-state index is -0.523. The van der Waals surface area contributed by atoms with Gasteiger partial charge in [0.2, 0.25) is 5.95 Å². The predicted molar refractivity (Wildman–Crippen MR) is 299 cm³/mol. The van der Waals surface area contributed by atoms with Crippen LogP contribution in [0.25, 0.3) is 94.7 Å². The molecule has 73 heavy (non-hydrogen) atoms. The molecular weight excluding hydrogens is 887 g/mol. The van der Waals surface area contributed by atoms with Gasteiger partial charge in [0, 0.05) is 27.6 Å². The van der Waals surface area contributed by atoms with Gasteiger partial charge in [-0.15, -0.1) is 0 Å². The normalized spacial score (nSPS) is 13.0. The summed E-state index contributed by atoms with van der Waals surface area (Å²) in [7, 11) is 0. The van der Waals surface area contributed by atoms with Crippen LogP contribution in [0.2, 0.25) is 0 Å². The number of para-hydroxylation sites is 3. The molecule has 5 nitrogen and oxygen atoms in total. The van der Waals surface area contributed by atoms with Crippen molar-refractivity contribution in [2.75, 3.05) is 4.90 Å². The largest absolute Gasteiger partial charge is 0.310 e. The van der Waals surface area contributed by atoms with Crippen LogP contribution in [0, 0.1) is 0 Å². The van der Waals surface area contributed by atoms with Gasteiger partial charge in [-0.25, -0.2) is 4.98 Å². The summed E-state index contributed by atoms with van der Waals surface area (Å²) in [6.45, 7) is 0. The first-order valence-corrected chi connectivity index (χ1v) is 24.9. The van der Waals surface area contributed by atoms with Crippen LogP contribution in [0.1, 0.15) is 22.3 Å². The summed E-state index contributed by atoms with van der Waals surface area (Å²) in [5.41, 5.74) is 19.2. The second kappa shape index (κ2) is 16.2. The molecule has 1 spiro atoms. The Labute approximate surface area is 422 Å². The van der Waals surface area contributed by atoms with Crippen LogP contribution < -0.4 is 4.90 Å². The monoisotopic (exact) mass is 929 g/mol. The van der Waals surface area contributed by atoms with Crippen LogP contribution in [0.4, 0.5) is 17.1 Å². The number of benzene rings is 11. The number of fused-ring (bicyclic) bond motifs is 14. The number of nitrogens with zero attached hydrogens (tertiary/aromatic N) is 5. The van der Waals surface area contributed by atoms with E-state index in [4.69, 9.17) is 15.0 Å². The molecule has 0 atom stereocenters. The molecule has 0 bridgehead atoms. The number of aromatic nitrogens is 4. The maximum absolute atomic E-state index is 5.33. The fraction of sp³-hybridized carbons (Fsp3) is 0.0147. The lowest BCUT2D eigenvalue weighted by molar-refractivity contribution is 0.753. The van der Waals surface area contributed by atoms with Gasteiger partial charge < -0.3 is 4.90 Å². The van der Waals surface area contributed by atoms with Crippen LogP contribution in [-0.2, 0) is 5.41 Å². The van der Waals surface area contributed by atoms with E-state index in [1.807, 2.05) is 24.3 Å². The molecular formula is C68H43N5. The van der Waals surface area contributed by atoms with Gasteiger partial charge >= 0.3 is 0 Å². The van der Waals surface area contributed by atoms with Crippen LogP contribution >= 0.6 is 0 Å². The van der Waals surface area contributed by atoms with Gasteiger partial charge in [-0.3, -0.25) is 4.57 Å². The first kappa shape index (κ1) is 41.1. The summed E-state index contributed by atoms with van der Waals surface area (Å²) >= 11 is 0. The van der Waals surface area contributed by atoms with Crippen molar-refractivity contribution in [3.05, 3.63) is 283 Å². The Morgan fingerprint density at radius 1 is 0.315 bits per heavy atom. The minimum Gasteiger partial charge on any atom is -0.310 e. The highest BCUT2D eigenvalue weighted by molar-refractivity contribution is 6.22. The lowest BCUT2D eigenvalue weighted by atomic mass is 9.64. The molecule has 340 valence electrons. The van der Waals surface area contributed by atoms with Crippen LogP contribution in [0.15, 0.2) is 261 Å². The third kappa shape index (κ3) is 6.19. The molecule has 2 aliphatic rings. The predicted octanol–water partition coefficient (Wildman–Crippen LogP) is 16.9. The number of hydrogen-bond acceptors (Lipinski definition) is 4.